The zero-order valence-electron chi connectivity index (χ0n) is 12.5. The molecule has 1 saturated heterocycles. The first-order valence-corrected chi connectivity index (χ1v) is 7.71. The van der Waals surface area contributed by atoms with Crippen molar-refractivity contribution in [3.8, 4) is 0 Å². The summed E-state index contributed by atoms with van der Waals surface area (Å²) in [6.45, 7) is 2.93. The van der Waals surface area contributed by atoms with Gasteiger partial charge < -0.3 is 10.2 Å². The van der Waals surface area contributed by atoms with Gasteiger partial charge >= 0.3 is 0 Å². The van der Waals surface area contributed by atoms with Gasteiger partial charge in [-0.3, -0.25) is 0 Å². The second-order valence-electron chi connectivity index (χ2n) is 5.67. The third-order valence-electron chi connectivity index (χ3n) is 4.06. The number of benzene rings is 2. The van der Waals surface area contributed by atoms with Crippen molar-refractivity contribution in [1.29, 1.82) is 0 Å². The fourth-order valence-corrected chi connectivity index (χ4v) is 2.96. The van der Waals surface area contributed by atoms with Crippen LogP contribution in [0.25, 0.3) is 0 Å². The molecule has 22 heavy (non-hydrogen) atoms. The summed E-state index contributed by atoms with van der Waals surface area (Å²) < 4.78 is 27.3. The van der Waals surface area contributed by atoms with Gasteiger partial charge in [-0.1, -0.05) is 18.2 Å². The highest BCUT2D eigenvalue weighted by Gasteiger charge is 2.17. The van der Waals surface area contributed by atoms with Crippen molar-refractivity contribution in [1.82, 2.24) is 5.32 Å². The van der Waals surface area contributed by atoms with Crippen LogP contribution in [0.2, 0.25) is 0 Å². The molecule has 3 rings (SSSR count). The van der Waals surface area contributed by atoms with Gasteiger partial charge in [0, 0.05) is 37.4 Å². The van der Waals surface area contributed by atoms with E-state index in [0.717, 1.165) is 37.2 Å². The van der Waals surface area contributed by atoms with E-state index in [2.05, 4.69) is 10.2 Å². The average Bonchev–Trinajstić information content (AvgIpc) is 3.03. The molecule has 0 radical (unpaired) electrons. The molecule has 1 heterocycles. The highest BCUT2D eigenvalue weighted by molar-refractivity contribution is 5.54. The molecule has 2 aromatic carbocycles. The Morgan fingerprint density at radius 3 is 2.50 bits per heavy atom. The highest BCUT2D eigenvalue weighted by atomic mass is 19.1. The predicted molar refractivity (Wildman–Crippen MR) is 84.8 cm³/mol. The Balaban J connectivity index is 1.69. The summed E-state index contributed by atoms with van der Waals surface area (Å²) in [7, 11) is 0. The first-order valence-electron chi connectivity index (χ1n) is 7.71. The maximum atomic E-state index is 14.2. The van der Waals surface area contributed by atoms with Gasteiger partial charge in [-0.2, -0.15) is 0 Å². The average molecular weight is 302 g/mol. The molecule has 1 N–H and O–H groups in total. The number of hydrogen-bond donors (Lipinski definition) is 1. The maximum Gasteiger partial charge on any atom is 0.129 e. The number of hydrogen-bond acceptors (Lipinski definition) is 2. The van der Waals surface area contributed by atoms with Crippen molar-refractivity contribution in [2.24, 2.45) is 0 Å². The summed E-state index contributed by atoms with van der Waals surface area (Å²) in [6, 6.07) is 11.7. The van der Waals surface area contributed by atoms with Crippen LogP contribution >= 0.6 is 0 Å². The lowest BCUT2D eigenvalue weighted by atomic mass is 10.1. The Morgan fingerprint density at radius 2 is 1.73 bits per heavy atom. The lowest BCUT2D eigenvalue weighted by Crippen LogP contribution is -2.22. The van der Waals surface area contributed by atoms with Gasteiger partial charge in [0.15, 0.2) is 0 Å². The second kappa shape index (κ2) is 6.88. The van der Waals surface area contributed by atoms with Gasteiger partial charge in [0.25, 0.3) is 0 Å². The Morgan fingerprint density at radius 1 is 0.955 bits per heavy atom. The molecule has 0 bridgehead atoms. The highest BCUT2D eigenvalue weighted by Crippen LogP contribution is 2.26. The number of nitrogens with one attached hydrogen (secondary N) is 1. The largest absolute Gasteiger partial charge is 0.371 e. The van der Waals surface area contributed by atoms with Crippen LogP contribution in [0.15, 0.2) is 42.5 Å². The van der Waals surface area contributed by atoms with Gasteiger partial charge in [-0.25, -0.2) is 8.78 Å². The van der Waals surface area contributed by atoms with E-state index in [1.165, 1.54) is 18.2 Å². The first kappa shape index (κ1) is 15.0. The van der Waals surface area contributed by atoms with Crippen molar-refractivity contribution in [2.45, 2.75) is 25.9 Å². The molecule has 0 atom stereocenters. The van der Waals surface area contributed by atoms with Crippen molar-refractivity contribution >= 4 is 5.69 Å². The van der Waals surface area contributed by atoms with Gasteiger partial charge in [-0.15, -0.1) is 0 Å². The van der Waals surface area contributed by atoms with E-state index in [1.54, 1.807) is 12.1 Å². The van der Waals surface area contributed by atoms with Crippen LogP contribution in [-0.2, 0) is 13.1 Å². The lowest BCUT2D eigenvalue weighted by molar-refractivity contribution is 0.584. The minimum absolute atomic E-state index is 0.184. The van der Waals surface area contributed by atoms with E-state index in [9.17, 15) is 8.78 Å². The molecule has 1 aliphatic rings. The molecule has 1 aliphatic heterocycles. The monoisotopic (exact) mass is 302 g/mol. The van der Waals surface area contributed by atoms with E-state index >= 15 is 0 Å². The number of nitrogens with zero attached hydrogens (tertiary/aromatic N) is 1. The molecule has 1 fully saturated rings. The lowest BCUT2D eigenvalue weighted by Gasteiger charge is -2.22. The van der Waals surface area contributed by atoms with Crippen LogP contribution in [0.3, 0.4) is 0 Å². The summed E-state index contributed by atoms with van der Waals surface area (Å²) in [5.74, 6) is -0.431. The van der Waals surface area contributed by atoms with Crippen molar-refractivity contribution in [2.75, 3.05) is 18.0 Å². The number of anilines is 1. The molecule has 0 saturated carbocycles. The van der Waals surface area contributed by atoms with Crippen molar-refractivity contribution in [3.05, 3.63) is 65.2 Å². The molecule has 0 aromatic heterocycles. The van der Waals surface area contributed by atoms with Crippen LogP contribution in [0, 0.1) is 11.6 Å². The zero-order valence-corrected chi connectivity index (χ0v) is 12.5. The molecule has 4 heteroatoms. The molecule has 0 amide bonds. The molecule has 0 unspecified atom stereocenters. The maximum absolute atomic E-state index is 14.2. The molecular weight excluding hydrogens is 282 g/mol. The predicted octanol–water partition coefficient (Wildman–Crippen LogP) is 3.85. The molecule has 0 aliphatic carbocycles. The third kappa shape index (κ3) is 3.45. The van der Waals surface area contributed by atoms with Crippen LogP contribution < -0.4 is 10.2 Å². The second-order valence-corrected chi connectivity index (χ2v) is 5.67. The smallest absolute Gasteiger partial charge is 0.129 e. The summed E-state index contributed by atoms with van der Waals surface area (Å²) in [5, 5.41) is 3.22. The first-order chi connectivity index (χ1) is 10.7. The Bertz CT molecular complexity index is 637. The van der Waals surface area contributed by atoms with Gasteiger partial charge in [0.05, 0.1) is 0 Å². The summed E-state index contributed by atoms with van der Waals surface area (Å²) >= 11 is 0. The normalized spacial score (nSPS) is 14.5. The van der Waals surface area contributed by atoms with E-state index in [0.29, 0.717) is 18.7 Å². The SMILES string of the molecule is Fc1cccc(CNCc2c(F)cccc2N2CCCC2)c1. The van der Waals surface area contributed by atoms with Crippen molar-refractivity contribution < 1.29 is 8.78 Å². The van der Waals surface area contributed by atoms with E-state index in [1.807, 2.05) is 12.1 Å². The molecule has 2 aromatic rings. The molecule has 0 spiro atoms. The van der Waals surface area contributed by atoms with Crippen LogP contribution in [0.1, 0.15) is 24.0 Å². The standard InChI is InChI=1S/C18H20F2N2/c19-15-6-3-5-14(11-15)12-21-13-16-17(20)7-4-8-18(16)22-9-1-2-10-22/h3-8,11,21H,1-2,9-10,12-13H2. The minimum Gasteiger partial charge on any atom is -0.371 e. The Kier molecular flexibility index (Phi) is 4.68. The molecular formula is C18H20F2N2. The van der Waals surface area contributed by atoms with Gasteiger partial charge in [0.1, 0.15) is 11.6 Å². The zero-order chi connectivity index (χ0) is 15.4. The quantitative estimate of drug-likeness (QED) is 0.902. The summed E-state index contributed by atoms with van der Waals surface area (Å²) in [4.78, 5) is 2.24. The fraction of sp³-hybridized carbons (Fsp3) is 0.333. The minimum atomic E-state index is -0.247. The van der Waals surface area contributed by atoms with Crippen LogP contribution in [-0.4, -0.2) is 13.1 Å². The van der Waals surface area contributed by atoms with E-state index in [-0.39, 0.29) is 11.6 Å². The van der Waals surface area contributed by atoms with Crippen molar-refractivity contribution in [3.63, 3.8) is 0 Å². The summed E-state index contributed by atoms with van der Waals surface area (Å²) in [5.41, 5.74) is 2.53. The van der Waals surface area contributed by atoms with E-state index < -0.39 is 0 Å². The molecule has 116 valence electrons. The van der Waals surface area contributed by atoms with Gasteiger partial charge in [0.2, 0.25) is 0 Å². The van der Waals surface area contributed by atoms with Crippen LogP contribution in [0.4, 0.5) is 14.5 Å². The number of halogens is 2. The van der Waals surface area contributed by atoms with Gasteiger partial charge in [-0.05, 0) is 42.7 Å². The number of rotatable bonds is 5. The summed E-state index contributed by atoms with van der Waals surface area (Å²) in [6.07, 6.45) is 2.32. The molecule has 2 nitrogen and oxygen atoms in total. The van der Waals surface area contributed by atoms with E-state index in [4.69, 9.17) is 0 Å². The van der Waals surface area contributed by atoms with Crippen LogP contribution in [0.5, 0.6) is 0 Å². The Hall–Kier alpha value is -1.94. The topological polar surface area (TPSA) is 15.3 Å². The Labute approximate surface area is 129 Å². The fourth-order valence-electron chi connectivity index (χ4n) is 2.96. The third-order valence-corrected chi connectivity index (χ3v) is 4.06.